The number of nitrogens with two attached hydrogens (primary N) is 1. The van der Waals surface area contributed by atoms with Crippen molar-refractivity contribution in [2.75, 3.05) is 13.1 Å². The molecule has 7 nitrogen and oxygen atoms in total. The monoisotopic (exact) mass is 343 g/mol. The van der Waals surface area contributed by atoms with Crippen molar-refractivity contribution in [1.29, 1.82) is 0 Å². The molecule has 23 heavy (non-hydrogen) atoms. The highest BCUT2D eigenvalue weighted by molar-refractivity contribution is 7.89. The van der Waals surface area contributed by atoms with Gasteiger partial charge in [-0.25, -0.2) is 8.42 Å². The Balaban J connectivity index is 3.24. The highest BCUT2D eigenvalue weighted by atomic mass is 32.2. The molecule has 1 aromatic carbocycles. The van der Waals surface area contributed by atoms with E-state index in [1.54, 1.807) is 0 Å². The number of nitro benzene ring substituents is 1. The largest absolute Gasteiger partial charge is 0.330 e. The van der Waals surface area contributed by atoms with Crippen LogP contribution in [0.5, 0.6) is 0 Å². The van der Waals surface area contributed by atoms with Gasteiger partial charge in [-0.05, 0) is 38.8 Å². The number of hydrogen-bond acceptors (Lipinski definition) is 5. The van der Waals surface area contributed by atoms with Crippen molar-refractivity contribution in [3.8, 4) is 0 Å². The Morgan fingerprint density at radius 2 is 1.96 bits per heavy atom. The highest BCUT2D eigenvalue weighted by Crippen LogP contribution is 2.28. The molecule has 1 unspecified atom stereocenters. The summed E-state index contributed by atoms with van der Waals surface area (Å²) in [5.41, 5.74) is 5.09. The predicted octanol–water partition coefficient (Wildman–Crippen LogP) is 2.51. The van der Waals surface area contributed by atoms with E-state index >= 15 is 0 Å². The summed E-state index contributed by atoms with van der Waals surface area (Å²) in [6, 6.07) is 5.26. The molecule has 1 rings (SSSR count). The van der Waals surface area contributed by atoms with Gasteiger partial charge in [-0.15, -0.1) is 0 Å². The third-order valence-corrected chi connectivity index (χ3v) is 5.74. The smallest absolute Gasteiger partial charge is 0.289 e. The second-order valence-electron chi connectivity index (χ2n) is 5.47. The molecule has 0 heterocycles. The van der Waals surface area contributed by atoms with Crippen LogP contribution in [0.25, 0.3) is 0 Å². The minimum Gasteiger partial charge on any atom is -0.330 e. The van der Waals surface area contributed by atoms with Gasteiger partial charge in [0.2, 0.25) is 10.0 Å². The van der Waals surface area contributed by atoms with Crippen molar-refractivity contribution in [3.05, 3.63) is 34.4 Å². The zero-order chi connectivity index (χ0) is 17.5. The quantitative estimate of drug-likeness (QED) is 0.399. The van der Waals surface area contributed by atoms with Gasteiger partial charge in [-0.1, -0.05) is 25.5 Å². The Hall–Kier alpha value is -1.51. The van der Waals surface area contributed by atoms with Crippen LogP contribution < -0.4 is 5.73 Å². The number of unbranched alkanes of at least 4 members (excludes halogenated alkanes) is 1. The standard InChI is InChI=1S/C15H25N3O4S/c1-3-8-13(2)17(12-7-6-11-16)23(21,22)15-10-5-4-9-14(15)18(19)20/h4-5,9-10,13H,3,6-8,11-12,16H2,1-2H3. The molecule has 0 fully saturated rings. The molecule has 0 radical (unpaired) electrons. The van der Waals surface area contributed by atoms with Crippen molar-refractivity contribution >= 4 is 15.7 Å². The Kier molecular flexibility index (Phi) is 7.60. The summed E-state index contributed by atoms with van der Waals surface area (Å²) in [7, 11) is -3.93. The predicted molar refractivity (Wildman–Crippen MR) is 89.6 cm³/mol. The summed E-state index contributed by atoms with van der Waals surface area (Å²) in [6.45, 7) is 4.61. The van der Waals surface area contributed by atoms with Gasteiger partial charge < -0.3 is 5.73 Å². The summed E-state index contributed by atoms with van der Waals surface area (Å²) in [6.07, 6.45) is 2.87. The number of para-hydroxylation sites is 1. The van der Waals surface area contributed by atoms with Gasteiger partial charge in [0, 0.05) is 18.7 Å². The van der Waals surface area contributed by atoms with E-state index in [4.69, 9.17) is 5.73 Å². The number of sulfonamides is 1. The van der Waals surface area contributed by atoms with E-state index in [1.807, 2.05) is 13.8 Å². The van der Waals surface area contributed by atoms with E-state index in [0.717, 1.165) is 6.42 Å². The van der Waals surface area contributed by atoms with Crippen LogP contribution in [0.2, 0.25) is 0 Å². The van der Waals surface area contributed by atoms with Crippen LogP contribution in [0.4, 0.5) is 5.69 Å². The summed E-state index contributed by atoms with van der Waals surface area (Å²) in [5, 5.41) is 11.2. The third kappa shape index (κ3) is 4.98. The topological polar surface area (TPSA) is 107 Å². The molecular weight excluding hydrogens is 318 g/mol. The fourth-order valence-electron chi connectivity index (χ4n) is 2.50. The molecule has 0 aromatic heterocycles. The Bertz CT molecular complexity index is 619. The second kappa shape index (κ2) is 8.95. The lowest BCUT2D eigenvalue weighted by Gasteiger charge is -2.28. The maximum atomic E-state index is 13.0. The minimum absolute atomic E-state index is 0.220. The lowest BCUT2D eigenvalue weighted by molar-refractivity contribution is -0.387. The lowest BCUT2D eigenvalue weighted by atomic mass is 10.2. The van der Waals surface area contributed by atoms with E-state index in [2.05, 4.69) is 0 Å². The first-order valence-electron chi connectivity index (χ1n) is 7.81. The SMILES string of the molecule is CCCC(C)N(CCCCN)S(=O)(=O)c1ccccc1[N+](=O)[O-]. The number of benzene rings is 1. The molecule has 130 valence electrons. The van der Waals surface area contributed by atoms with Gasteiger partial charge in [0.25, 0.3) is 5.69 Å². The second-order valence-corrected chi connectivity index (χ2v) is 7.33. The molecule has 1 atom stereocenters. The number of nitrogens with zero attached hydrogens (tertiary/aromatic N) is 2. The fraction of sp³-hybridized carbons (Fsp3) is 0.600. The van der Waals surface area contributed by atoms with Crippen molar-refractivity contribution in [2.24, 2.45) is 5.73 Å². The Morgan fingerprint density at radius 1 is 1.30 bits per heavy atom. The molecule has 0 saturated carbocycles. The third-order valence-electron chi connectivity index (χ3n) is 3.68. The van der Waals surface area contributed by atoms with E-state index < -0.39 is 14.9 Å². The van der Waals surface area contributed by atoms with Gasteiger partial charge in [-0.3, -0.25) is 10.1 Å². The zero-order valence-electron chi connectivity index (χ0n) is 13.6. The summed E-state index contributed by atoms with van der Waals surface area (Å²) in [4.78, 5) is 10.2. The van der Waals surface area contributed by atoms with Crippen molar-refractivity contribution < 1.29 is 13.3 Å². The van der Waals surface area contributed by atoms with Crippen LogP contribution in [-0.2, 0) is 10.0 Å². The lowest BCUT2D eigenvalue weighted by Crippen LogP contribution is -2.39. The normalized spacial score (nSPS) is 13.2. The maximum Gasteiger partial charge on any atom is 0.289 e. The van der Waals surface area contributed by atoms with Crippen LogP contribution >= 0.6 is 0 Å². The molecular formula is C15H25N3O4S. The van der Waals surface area contributed by atoms with Crippen LogP contribution in [0.3, 0.4) is 0 Å². The molecule has 1 aromatic rings. The molecule has 0 amide bonds. The molecule has 0 spiro atoms. The zero-order valence-corrected chi connectivity index (χ0v) is 14.5. The van der Waals surface area contributed by atoms with Gasteiger partial charge in [-0.2, -0.15) is 4.31 Å². The molecule has 2 N–H and O–H groups in total. The maximum absolute atomic E-state index is 13.0. The first kappa shape index (κ1) is 19.5. The summed E-state index contributed by atoms with van der Waals surface area (Å²) in [5.74, 6) is 0. The van der Waals surface area contributed by atoms with E-state index in [1.165, 1.54) is 28.6 Å². The van der Waals surface area contributed by atoms with Crippen molar-refractivity contribution in [1.82, 2.24) is 4.31 Å². The van der Waals surface area contributed by atoms with Crippen LogP contribution in [0.15, 0.2) is 29.2 Å². The first-order chi connectivity index (χ1) is 10.9. The average Bonchev–Trinajstić information content (AvgIpc) is 2.51. The Labute approximate surface area is 137 Å². The summed E-state index contributed by atoms with van der Waals surface area (Å²) < 4.78 is 27.3. The van der Waals surface area contributed by atoms with Gasteiger partial charge >= 0.3 is 0 Å². The van der Waals surface area contributed by atoms with E-state index in [9.17, 15) is 18.5 Å². The van der Waals surface area contributed by atoms with Crippen molar-refractivity contribution in [2.45, 2.75) is 50.5 Å². The highest BCUT2D eigenvalue weighted by Gasteiger charge is 2.33. The van der Waals surface area contributed by atoms with Gasteiger partial charge in [0.1, 0.15) is 0 Å². The van der Waals surface area contributed by atoms with Crippen LogP contribution in [0, 0.1) is 10.1 Å². The number of hydrogen-bond donors (Lipinski definition) is 1. The minimum atomic E-state index is -3.93. The van der Waals surface area contributed by atoms with E-state index in [-0.39, 0.29) is 16.6 Å². The van der Waals surface area contributed by atoms with Gasteiger partial charge in [0.05, 0.1) is 4.92 Å². The molecule has 0 aliphatic heterocycles. The summed E-state index contributed by atoms with van der Waals surface area (Å²) >= 11 is 0. The van der Waals surface area contributed by atoms with Crippen LogP contribution in [0.1, 0.15) is 39.5 Å². The first-order valence-corrected chi connectivity index (χ1v) is 9.25. The van der Waals surface area contributed by atoms with E-state index in [0.29, 0.717) is 32.4 Å². The van der Waals surface area contributed by atoms with Crippen molar-refractivity contribution in [3.63, 3.8) is 0 Å². The molecule has 0 aliphatic rings. The molecule has 0 bridgehead atoms. The van der Waals surface area contributed by atoms with Crippen LogP contribution in [-0.4, -0.2) is 36.8 Å². The van der Waals surface area contributed by atoms with Gasteiger partial charge in [0.15, 0.2) is 4.90 Å². The fourth-order valence-corrected chi connectivity index (χ4v) is 4.36. The molecule has 0 aliphatic carbocycles. The average molecular weight is 343 g/mol. The number of rotatable bonds is 10. The molecule has 0 saturated heterocycles. The molecule has 8 heteroatoms. The number of nitro groups is 1. The Morgan fingerprint density at radius 3 is 2.52 bits per heavy atom.